The van der Waals surface area contributed by atoms with Crippen molar-refractivity contribution in [3.63, 3.8) is 0 Å². The molecule has 156 valence electrons. The Morgan fingerprint density at radius 1 is 1.10 bits per heavy atom. The summed E-state index contributed by atoms with van der Waals surface area (Å²) in [5.74, 6) is -2.37. The molecule has 29 heavy (non-hydrogen) atoms. The summed E-state index contributed by atoms with van der Waals surface area (Å²) >= 11 is 11.9. The van der Waals surface area contributed by atoms with Gasteiger partial charge in [-0.2, -0.15) is 13.2 Å². The van der Waals surface area contributed by atoms with Gasteiger partial charge >= 0.3 is 12.1 Å². The van der Waals surface area contributed by atoms with Crippen molar-refractivity contribution in [1.29, 1.82) is 0 Å². The average Bonchev–Trinajstić information content (AvgIpc) is 2.66. The van der Waals surface area contributed by atoms with Crippen molar-refractivity contribution in [3.05, 3.63) is 63.6 Å². The number of alkyl halides is 3. The fourth-order valence-electron chi connectivity index (χ4n) is 2.68. The zero-order chi connectivity index (χ0) is 22.0. The third-order valence-corrected chi connectivity index (χ3v) is 4.76. The number of benzene rings is 2. The summed E-state index contributed by atoms with van der Waals surface area (Å²) in [6.07, 6.45) is -5.31. The number of amides is 1. The molecule has 0 aromatic heterocycles. The molecule has 1 atom stereocenters. The summed E-state index contributed by atoms with van der Waals surface area (Å²) in [6, 6.07) is 8.48. The molecule has 0 aliphatic carbocycles. The molecule has 0 saturated carbocycles. The summed E-state index contributed by atoms with van der Waals surface area (Å²) in [7, 11) is 0.737. The van der Waals surface area contributed by atoms with E-state index in [1.165, 1.54) is 35.2 Å². The molecule has 1 amide bonds. The molecule has 0 heterocycles. The van der Waals surface area contributed by atoms with Gasteiger partial charge in [-0.05, 0) is 37.3 Å². The van der Waals surface area contributed by atoms with E-state index in [2.05, 4.69) is 4.74 Å². The second kappa shape index (κ2) is 8.61. The highest BCUT2D eigenvalue weighted by Crippen LogP contribution is 2.40. The van der Waals surface area contributed by atoms with Crippen molar-refractivity contribution in [3.8, 4) is 0 Å². The maximum Gasteiger partial charge on any atom is 0.432 e. The van der Waals surface area contributed by atoms with E-state index in [0.29, 0.717) is 5.02 Å². The fourth-order valence-corrected chi connectivity index (χ4v) is 3.17. The van der Waals surface area contributed by atoms with Gasteiger partial charge in [-0.25, -0.2) is 4.79 Å². The summed E-state index contributed by atoms with van der Waals surface area (Å²) in [6.45, 7) is 1.84. The lowest BCUT2D eigenvalue weighted by molar-refractivity contribution is -0.266. The van der Waals surface area contributed by atoms with Gasteiger partial charge in [0, 0.05) is 22.8 Å². The van der Waals surface area contributed by atoms with E-state index in [1.54, 1.807) is 6.92 Å². The molecule has 10 heteroatoms. The summed E-state index contributed by atoms with van der Waals surface area (Å²) < 4.78 is 44.1. The number of rotatable bonds is 5. The van der Waals surface area contributed by atoms with Crippen molar-refractivity contribution < 1.29 is 32.6 Å². The quantitative estimate of drug-likeness (QED) is 0.678. The Hall–Kier alpha value is -2.29. The number of hydrogen-bond donors (Lipinski definition) is 1. The van der Waals surface area contributed by atoms with Gasteiger partial charge in [0.1, 0.15) is 0 Å². The fraction of sp³-hybridized carbons (Fsp3) is 0.263. The van der Waals surface area contributed by atoms with Crippen molar-refractivity contribution in [2.45, 2.75) is 18.7 Å². The van der Waals surface area contributed by atoms with Gasteiger partial charge < -0.3 is 14.7 Å². The van der Waals surface area contributed by atoms with Crippen LogP contribution in [0.25, 0.3) is 0 Å². The standard InChI is InChI=1S/C19H16Cl2F3NO4/c1-3-25(16(26)14-9-6-12(20)10-15(14)21)13-7-4-11(5-8-13)18(28,17(27)29-2)19(22,23)24/h4-10,28H,3H2,1-2H3/t18-/m1/s1. The van der Waals surface area contributed by atoms with Gasteiger partial charge in [-0.1, -0.05) is 35.3 Å². The number of carbonyl (C=O) groups excluding carboxylic acids is 2. The molecule has 2 aromatic carbocycles. The Balaban J connectivity index is 2.43. The van der Waals surface area contributed by atoms with Gasteiger partial charge in [0.15, 0.2) is 0 Å². The van der Waals surface area contributed by atoms with Crippen LogP contribution < -0.4 is 4.90 Å². The molecule has 0 radical (unpaired) electrons. The molecule has 5 nitrogen and oxygen atoms in total. The van der Waals surface area contributed by atoms with E-state index in [9.17, 15) is 27.9 Å². The lowest BCUT2D eigenvalue weighted by Gasteiger charge is -2.28. The minimum atomic E-state index is -5.31. The Morgan fingerprint density at radius 2 is 1.69 bits per heavy atom. The zero-order valence-electron chi connectivity index (χ0n) is 15.3. The van der Waals surface area contributed by atoms with Crippen LogP contribution in [0.2, 0.25) is 10.0 Å². The minimum absolute atomic E-state index is 0.120. The summed E-state index contributed by atoms with van der Waals surface area (Å²) in [5, 5.41) is 10.5. The van der Waals surface area contributed by atoms with Crippen molar-refractivity contribution in [2.75, 3.05) is 18.6 Å². The Morgan fingerprint density at radius 3 is 2.14 bits per heavy atom. The van der Waals surface area contributed by atoms with Crippen LogP contribution in [0.3, 0.4) is 0 Å². The number of halogens is 5. The molecule has 2 aromatic rings. The molecule has 0 aliphatic heterocycles. The normalized spacial score (nSPS) is 13.5. The van der Waals surface area contributed by atoms with Crippen LogP contribution in [-0.2, 0) is 15.1 Å². The largest absolute Gasteiger partial charge is 0.466 e. The molecule has 0 saturated heterocycles. The van der Waals surface area contributed by atoms with Gasteiger partial charge in [-0.3, -0.25) is 4.79 Å². The Bertz CT molecular complexity index is 919. The van der Waals surface area contributed by atoms with E-state index in [1.807, 2.05) is 0 Å². The molecule has 0 bridgehead atoms. The number of ether oxygens (including phenoxy) is 1. The summed E-state index contributed by atoms with van der Waals surface area (Å²) in [4.78, 5) is 25.7. The second-order valence-corrected chi connectivity index (χ2v) is 6.76. The van der Waals surface area contributed by atoms with Crippen LogP contribution >= 0.6 is 23.2 Å². The van der Waals surface area contributed by atoms with E-state index in [4.69, 9.17) is 23.2 Å². The van der Waals surface area contributed by atoms with Gasteiger partial charge in [0.25, 0.3) is 11.5 Å². The smallest absolute Gasteiger partial charge is 0.432 e. The number of aliphatic hydroxyl groups is 1. The highest BCUT2D eigenvalue weighted by Gasteiger charge is 2.62. The van der Waals surface area contributed by atoms with E-state index >= 15 is 0 Å². The number of anilines is 1. The SMILES string of the molecule is CCN(C(=O)c1ccc(Cl)cc1Cl)c1ccc([C@@](O)(C(=O)OC)C(F)(F)F)cc1. The molecular formula is C19H16Cl2F3NO4. The number of methoxy groups -OCH3 is 1. The molecular weight excluding hydrogens is 434 g/mol. The van der Waals surface area contributed by atoms with Crippen molar-refractivity contribution >= 4 is 40.8 Å². The highest BCUT2D eigenvalue weighted by molar-refractivity contribution is 6.37. The Labute approximate surface area is 174 Å². The third-order valence-electron chi connectivity index (χ3n) is 4.21. The number of esters is 1. The van der Waals surface area contributed by atoms with Crippen LogP contribution in [0.15, 0.2) is 42.5 Å². The van der Waals surface area contributed by atoms with Crippen molar-refractivity contribution in [2.24, 2.45) is 0 Å². The van der Waals surface area contributed by atoms with Gasteiger partial charge in [0.2, 0.25) is 0 Å². The predicted molar refractivity (Wildman–Crippen MR) is 102 cm³/mol. The van der Waals surface area contributed by atoms with Crippen LogP contribution in [-0.4, -0.2) is 36.8 Å². The van der Waals surface area contributed by atoms with Gasteiger partial charge in [0.05, 0.1) is 17.7 Å². The number of nitrogens with zero attached hydrogens (tertiary/aromatic N) is 1. The summed E-state index contributed by atoms with van der Waals surface area (Å²) in [5.41, 5.74) is -4.18. The first kappa shape index (κ1) is 23.0. The topological polar surface area (TPSA) is 66.8 Å². The zero-order valence-corrected chi connectivity index (χ0v) is 16.8. The minimum Gasteiger partial charge on any atom is -0.466 e. The van der Waals surface area contributed by atoms with Gasteiger partial charge in [-0.15, -0.1) is 0 Å². The van der Waals surface area contributed by atoms with Crippen LogP contribution in [0.4, 0.5) is 18.9 Å². The first-order chi connectivity index (χ1) is 13.5. The first-order valence-corrected chi connectivity index (χ1v) is 8.98. The van der Waals surface area contributed by atoms with Crippen LogP contribution in [0.5, 0.6) is 0 Å². The first-order valence-electron chi connectivity index (χ1n) is 8.22. The third kappa shape index (κ3) is 4.34. The maximum absolute atomic E-state index is 13.3. The lowest BCUT2D eigenvalue weighted by atomic mass is 9.93. The van der Waals surface area contributed by atoms with Crippen LogP contribution in [0, 0.1) is 0 Å². The molecule has 2 rings (SSSR count). The van der Waals surface area contributed by atoms with E-state index in [-0.39, 0.29) is 22.8 Å². The maximum atomic E-state index is 13.3. The van der Waals surface area contributed by atoms with E-state index < -0.39 is 29.2 Å². The monoisotopic (exact) mass is 449 g/mol. The van der Waals surface area contributed by atoms with E-state index in [0.717, 1.165) is 19.2 Å². The molecule has 0 spiro atoms. The molecule has 1 N–H and O–H groups in total. The van der Waals surface area contributed by atoms with Crippen molar-refractivity contribution in [1.82, 2.24) is 0 Å². The number of hydrogen-bond acceptors (Lipinski definition) is 4. The Kier molecular flexibility index (Phi) is 6.82. The van der Waals surface area contributed by atoms with Crippen LogP contribution in [0.1, 0.15) is 22.8 Å². The lowest BCUT2D eigenvalue weighted by Crippen LogP contribution is -2.49. The predicted octanol–water partition coefficient (Wildman–Crippen LogP) is 4.58. The number of carbonyl (C=O) groups is 2. The molecule has 0 unspecified atom stereocenters. The molecule has 0 aliphatic rings. The highest BCUT2D eigenvalue weighted by atomic mass is 35.5. The molecule has 0 fully saturated rings. The average molecular weight is 450 g/mol. The second-order valence-electron chi connectivity index (χ2n) is 5.92.